The van der Waals surface area contributed by atoms with Crippen LogP contribution in [0.5, 0.6) is 0 Å². The number of rotatable bonds is 6. The molecule has 0 saturated heterocycles. The molecule has 78 valence electrons. The van der Waals surface area contributed by atoms with E-state index in [4.69, 9.17) is 10.8 Å². The SMILES string of the molecule is NCCCC(NC(F)(F)Cl)C(=O)O. The smallest absolute Gasteiger partial charge is 0.383 e. The van der Waals surface area contributed by atoms with E-state index in [2.05, 4.69) is 11.6 Å². The van der Waals surface area contributed by atoms with Crippen molar-refractivity contribution in [1.29, 1.82) is 0 Å². The van der Waals surface area contributed by atoms with Gasteiger partial charge in [0.1, 0.15) is 6.04 Å². The van der Waals surface area contributed by atoms with Crippen molar-refractivity contribution in [2.24, 2.45) is 5.73 Å². The molecule has 7 heteroatoms. The van der Waals surface area contributed by atoms with Crippen molar-refractivity contribution in [1.82, 2.24) is 5.32 Å². The highest BCUT2D eigenvalue weighted by molar-refractivity contribution is 6.21. The summed E-state index contributed by atoms with van der Waals surface area (Å²) in [5.41, 5.74) is 1.40. The highest BCUT2D eigenvalue weighted by Gasteiger charge is 2.31. The molecule has 4 nitrogen and oxygen atoms in total. The lowest BCUT2D eigenvalue weighted by Crippen LogP contribution is -2.45. The van der Waals surface area contributed by atoms with Gasteiger partial charge in [0.15, 0.2) is 0 Å². The van der Waals surface area contributed by atoms with Gasteiger partial charge >= 0.3 is 11.5 Å². The topological polar surface area (TPSA) is 75.3 Å². The van der Waals surface area contributed by atoms with E-state index in [1.54, 1.807) is 0 Å². The number of carboxylic acid groups (broad SMARTS) is 1. The highest BCUT2D eigenvalue weighted by atomic mass is 35.5. The van der Waals surface area contributed by atoms with Crippen LogP contribution in [0, 0.1) is 0 Å². The third-order valence-corrected chi connectivity index (χ3v) is 1.44. The van der Waals surface area contributed by atoms with E-state index in [-0.39, 0.29) is 13.0 Å². The Labute approximate surface area is 79.0 Å². The van der Waals surface area contributed by atoms with Crippen LogP contribution in [0.2, 0.25) is 0 Å². The molecule has 0 fully saturated rings. The van der Waals surface area contributed by atoms with Gasteiger partial charge in [-0.25, -0.2) is 5.32 Å². The first-order chi connectivity index (χ1) is 5.87. The summed E-state index contributed by atoms with van der Waals surface area (Å²) in [7, 11) is 0. The van der Waals surface area contributed by atoms with E-state index in [0.717, 1.165) is 0 Å². The molecule has 0 rings (SSSR count). The third-order valence-electron chi connectivity index (χ3n) is 1.33. The Morgan fingerprint density at radius 2 is 2.23 bits per heavy atom. The summed E-state index contributed by atoms with van der Waals surface area (Å²) in [6, 6.07) is -1.36. The van der Waals surface area contributed by atoms with Gasteiger partial charge in [-0.05, 0) is 31.0 Å². The van der Waals surface area contributed by atoms with Crippen molar-refractivity contribution in [3.05, 3.63) is 0 Å². The van der Waals surface area contributed by atoms with Crippen LogP contribution >= 0.6 is 11.6 Å². The summed E-state index contributed by atoms with van der Waals surface area (Å²) < 4.78 is 24.2. The number of carboxylic acids is 1. The number of alkyl halides is 3. The predicted molar refractivity (Wildman–Crippen MR) is 43.6 cm³/mol. The van der Waals surface area contributed by atoms with Crippen molar-refractivity contribution in [3.63, 3.8) is 0 Å². The quantitative estimate of drug-likeness (QED) is 0.448. The average molecular weight is 217 g/mol. The lowest BCUT2D eigenvalue weighted by atomic mass is 10.1. The second-order valence-electron chi connectivity index (χ2n) is 2.46. The van der Waals surface area contributed by atoms with Crippen molar-refractivity contribution in [2.75, 3.05) is 6.54 Å². The zero-order valence-corrected chi connectivity index (χ0v) is 7.52. The molecule has 0 radical (unpaired) electrons. The number of nitrogens with two attached hydrogens (primary N) is 1. The maximum Gasteiger partial charge on any atom is 0.383 e. The van der Waals surface area contributed by atoms with Gasteiger partial charge in [0.25, 0.3) is 0 Å². The number of nitrogens with one attached hydrogen (secondary N) is 1. The third kappa shape index (κ3) is 6.68. The van der Waals surface area contributed by atoms with Gasteiger partial charge in [-0.2, -0.15) is 8.78 Å². The van der Waals surface area contributed by atoms with Gasteiger partial charge in [-0.15, -0.1) is 0 Å². The molecule has 0 saturated carbocycles. The fourth-order valence-corrected chi connectivity index (χ4v) is 0.909. The number of aliphatic carboxylic acids is 1. The summed E-state index contributed by atoms with van der Waals surface area (Å²) in [6.07, 6.45) is 0.366. The van der Waals surface area contributed by atoms with E-state index in [0.29, 0.717) is 6.42 Å². The minimum Gasteiger partial charge on any atom is -0.480 e. The van der Waals surface area contributed by atoms with Crippen LogP contribution in [0.3, 0.4) is 0 Å². The van der Waals surface area contributed by atoms with Crippen LogP contribution in [-0.2, 0) is 4.79 Å². The average Bonchev–Trinajstić information content (AvgIpc) is 1.95. The first kappa shape index (κ1) is 12.5. The molecule has 1 atom stereocenters. The minimum atomic E-state index is -3.70. The summed E-state index contributed by atoms with van der Waals surface area (Å²) in [5, 5.41) is 9.94. The van der Waals surface area contributed by atoms with Crippen LogP contribution in [-0.4, -0.2) is 29.2 Å². The van der Waals surface area contributed by atoms with E-state index in [1.165, 1.54) is 5.32 Å². The Kier molecular flexibility index (Phi) is 5.12. The molecule has 0 aromatic heterocycles. The van der Waals surface area contributed by atoms with Gasteiger partial charge in [-0.3, -0.25) is 4.79 Å². The van der Waals surface area contributed by atoms with Gasteiger partial charge in [0.2, 0.25) is 0 Å². The molecule has 4 N–H and O–H groups in total. The summed E-state index contributed by atoms with van der Waals surface area (Å²) >= 11 is 4.51. The molecule has 0 aromatic carbocycles. The lowest BCUT2D eigenvalue weighted by Gasteiger charge is -2.17. The first-order valence-corrected chi connectivity index (χ1v) is 4.02. The first-order valence-electron chi connectivity index (χ1n) is 3.64. The van der Waals surface area contributed by atoms with Gasteiger partial charge in [0, 0.05) is 0 Å². The van der Waals surface area contributed by atoms with Crippen molar-refractivity contribution < 1.29 is 18.7 Å². The Hall–Kier alpha value is -0.460. The van der Waals surface area contributed by atoms with Crippen molar-refractivity contribution in [3.8, 4) is 0 Å². The molecule has 0 aliphatic heterocycles. The molecule has 0 bridgehead atoms. The highest BCUT2D eigenvalue weighted by Crippen LogP contribution is 2.16. The summed E-state index contributed by atoms with van der Waals surface area (Å²) in [5.74, 6) is -1.37. The van der Waals surface area contributed by atoms with E-state index in [1.807, 2.05) is 0 Å². The second kappa shape index (κ2) is 5.31. The number of halogens is 3. The molecular weight excluding hydrogens is 206 g/mol. The molecule has 1 unspecified atom stereocenters. The molecule has 0 aliphatic carbocycles. The fraction of sp³-hybridized carbons (Fsp3) is 0.833. The monoisotopic (exact) mass is 216 g/mol. The standard InChI is InChI=1S/C6H11ClF2N2O2/c7-6(8,9)11-4(5(12)13)2-1-3-10/h4,11H,1-3,10H2,(H,12,13). The zero-order chi connectivity index (χ0) is 10.5. The Morgan fingerprint density at radius 1 is 1.69 bits per heavy atom. The van der Waals surface area contributed by atoms with Crippen molar-refractivity contribution in [2.45, 2.75) is 24.4 Å². The molecule has 0 spiro atoms. The van der Waals surface area contributed by atoms with E-state index in [9.17, 15) is 13.6 Å². The molecule has 0 aliphatic rings. The van der Waals surface area contributed by atoms with E-state index < -0.39 is 17.5 Å². The van der Waals surface area contributed by atoms with Crippen LogP contribution < -0.4 is 11.1 Å². The summed E-state index contributed by atoms with van der Waals surface area (Å²) in [4.78, 5) is 10.4. The van der Waals surface area contributed by atoms with Crippen LogP contribution in [0.25, 0.3) is 0 Å². The minimum absolute atomic E-state index is 0.0220. The number of carbonyl (C=O) groups is 1. The van der Waals surface area contributed by atoms with Gasteiger partial charge in [0.05, 0.1) is 0 Å². The molecule has 0 amide bonds. The maximum absolute atomic E-state index is 12.1. The Bertz CT molecular complexity index is 175. The van der Waals surface area contributed by atoms with Crippen LogP contribution in [0.15, 0.2) is 0 Å². The molecular formula is C6H11ClF2N2O2. The van der Waals surface area contributed by atoms with Crippen LogP contribution in [0.1, 0.15) is 12.8 Å². The maximum atomic E-state index is 12.1. The lowest BCUT2D eigenvalue weighted by molar-refractivity contribution is -0.141. The predicted octanol–water partition coefficient (Wildman–Crippen LogP) is 0.557. The zero-order valence-electron chi connectivity index (χ0n) is 6.77. The Morgan fingerprint density at radius 3 is 2.54 bits per heavy atom. The molecule has 0 heterocycles. The normalized spacial score (nSPS) is 14.2. The number of hydrogen-bond acceptors (Lipinski definition) is 3. The molecule has 0 aromatic rings. The van der Waals surface area contributed by atoms with E-state index >= 15 is 0 Å². The number of hydrogen-bond donors (Lipinski definition) is 3. The molecule has 13 heavy (non-hydrogen) atoms. The van der Waals surface area contributed by atoms with Crippen LogP contribution in [0.4, 0.5) is 8.78 Å². The Balaban J connectivity index is 4.03. The fourth-order valence-electron chi connectivity index (χ4n) is 0.777. The largest absolute Gasteiger partial charge is 0.480 e. The van der Waals surface area contributed by atoms with Gasteiger partial charge in [-0.1, -0.05) is 0 Å². The summed E-state index contributed by atoms with van der Waals surface area (Å²) in [6.45, 7) is 0.249. The van der Waals surface area contributed by atoms with Gasteiger partial charge < -0.3 is 10.8 Å². The second-order valence-corrected chi connectivity index (χ2v) is 2.94. The van der Waals surface area contributed by atoms with Crippen molar-refractivity contribution >= 4 is 17.6 Å².